The first-order chi connectivity index (χ1) is 9.06. The van der Waals surface area contributed by atoms with Gasteiger partial charge in [0, 0.05) is 6.04 Å². The average Bonchev–Trinajstić information content (AvgIpc) is 2.37. The quantitative estimate of drug-likeness (QED) is 0.832. The van der Waals surface area contributed by atoms with Gasteiger partial charge < -0.3 is 5.73 Å². The molecule has 19 heavy (non-hydrogen) atoms. The number of benzene rings is 1. The fourth-order valence-corrected chi connectivity index (χ4v) is 3.48. The largest absolute Gasteiger partial charge is 0.324 e. The normalized spacial score (nSPS) is 25.5. The van der Waals surface area contributed by atoms with Crippen molar-refractivity contribution in [3.05, 3.63) is 35.4 Å². The van der Waals surface area contributed by atoms with E-state index in [9.17, 15) is 0 Å². The lowest BCUT2D eigenvalue weighted by Crippen LogP contribution is -2.26. The molecule has 0 spiro atoms. The van der Waals surface area contributed by atoms with Crippen LogP contribution in [0.5, 0.6) is 0 Å². The van der Waals surface area contributed by atoms with Crippen LogP contribution in [0.4, 0.5) is 0 Å². The van der Waals surface area contributed by atoms with E-state index in [2.05, 4.69) is 45.0 Å². The highest BCUT2D eigenvalue weighted by atomic mass is 14.7. The Kier molecular flexibility index (Phi) is 5.04. The Morgan fingerprint density at radius 3 is 2.74 bits per heavy atom. The van der Waals surface area contributed by atoms with E-state index in [1.807, 2.05) is 0 Å². The van der Waals surface area contributed by atoms with Gasteiger partial charge in [-0.05, 0) is 48.1 Å². The molecule has 1 aromatic carbocycles. The Balaban J connectivity index is 2.07. The second-order valence-corrected chi connectivity index (χ2v) is 6.90. The molecule has 0 bridgehead atoms. The van der Waals surface area contributed by atoms with Crippen molar-refractivity contribution in [3.63, 3.8) is 0 Å². The first kappa shape index (κ1) is 14.6. The topological polar surface area (TPSA) is 26.0 Å². The van der Waals surface area contributed by atoms with Gasteiger partial charge in [0.15, 0.2) is 0 Å². The molecule has 1 saturated carbocycles. The van der Waals surface area contributed by atoms with Crippen molar-refractivity contribution < 1.29 is 0 Å². The van der Waals surface area contributed by atoms with Crippen molar-refractivity contribution >= 4 is 0 Å². The van der Waals surface area contributed by atoms with Crippen LogP contribution in [0.3, 0.4) is 0 Å². The zero-order valence-corrected chi connectivity index (χ0v) is 12.7. The maximum atomic E-state index is 6.53. The summed E-state index contributed by atoms with van der Waals surface area (Å²) in [6.07, 6.45) is 6.50. The van der Waals surface area contributed by atoms with Gasteiger partial charge >= 0.3 is 0 Å². The molecule has 106 valence electrons. The SMILES string of the molecule is CC(C)Cc1cccc(C(N)C2CCCC(C)C2)c1. The number of hydrogen-bond donors (Lipinski definition) is 1. The molecule has 0 radical (unpaired) electrons. The highest BCUT2D eigenvalue weighted by Crippen LogP contribution is 2.36. The third kappa shape index (κ3) is 4.07. The van der Waals surface area contributed by atoms with Crippen LogP contribution in [-0.4, -0.2) is 0 Å². The van der Waals surface area contributed by atoms with Gasteiger partial charge in [0.2, 0.25) is 0 Å². The molecule has 0 saturated heterocycles. The Morgan fingerprint density at radius 2 is 2.05 bits per heavy atom. The van der Waals surface area contributed by atoms with Crippen LogP contribution >= 0.6 is 0 Å². The van der Waals surface area contributed by atoms with E-state index in [-0.39, 0.29) is 6.04 Å². The van der Waals surface area contributed by atoms with E-state index in [4.69, 9.17) is 5.73 Å². The molecule has 2 N–H and O–H groups in total. The monoisotopic (exact) mass is 259 g/mol. The van der Waals surface area contributed by atoms with E-state index in [0.29, 0.717) is 11.8 Å². The predicted molar refractivity (Wildman–Crippen MR) is 83.0 cm³/mol. The number of hydrogen-bond acceptors (Lipinski definition) is 1. The fourth-order valence-electron chi connectivity index (χ4n) is 3.48. The zero-order valence-electron chi connectivity index (χ0n) is 12.7. The van der Waals surface area contributed by atoms with Crippen molar-refractivity contribution in [2.24, 2.45) is 23.5 Å². The van der Waals surface area contributed by atoms with Gasteiger partial charge in [-0.25, -0.2) is 0 Å². The minimum absolute atomic E-state index is 0.231. The molecular weight excluding hydrogens is 230 g/mol. The molecule has 0 aliphatic heterocycles. The summed E-state index contributed by atoms with van der Waals surface area (Å²) in [5.74, 6) is 2.24. The van der Waals surface area contributed by atoms with Crippen molar-refractivity contribution in [2.75, 3.05) is 0 Å². The Morgan fingerprint density at radius 1 is 1.26 bits per heavy atom. The first-order valence-corrected chi connectivity index (χ1v) is 7.90. The predicted octanol–water partition coefficient (Wildman–Crippen LogP) is 4.71. The summed E-state index contributed by atoms with van der Waals surface area (Å²) in [5, 5.41) is 0. The highest BCUT2D eigenvalue weighted by Gasteiger charge is 2.25. The van der Waals surface area contributed by atoms with Crippen LogP contribution in [0.1, 0.15) is 63.6 Å². The summed E-state index contributed by atoms with van der Waals surface area (Å²) >= 11 is 0. The molecule has 0 heterocycles. The highest BCUT2D eigenvalue weighted by molar-refractivity contribution is 5.26. The molecule has 1 aromatic rings. The van der Waals surface area contributed by atoms with Gasteiger partial charge in [-0.2, -0.15) is 0 Å². The summed E-state index contributed by atoms with van der Waals surface area (Å²) in [6, 6.07) is 9.20. The lowest BCUT2D eigenvalue weighted by molar-refractivity contribution is 0.248. The molecule has 1 aliphatic rings. The molecule has 0 amide bonds. The summed E-state index contributed by atoms with van der Waals surface area (Å²) in [7, 11) is 0. The van der Waals surface area contributed by atoms with E-state index < -0.39 is 0 Å². The van der Waals surface area contributed by atoms with Crippen LogP contribution in [0.25, 0.3) is 0 Å². The molecule has 1 aliphatic carbocycles. The molecule has 3 atom stereocenters. The summed E-state index contributed by atoms with van der Waals surface area (Å²) in [5.41, 5.74) is 9.31. The third-order valence-corrected chi connectivity index (χ3v) is 4.46. The van der Waals surface area contributed by atoms with Gasteiger partial charge in [0.25, 0.3) is 0 Å². The van der Waals surface area contributed by atoms with Crippen LogP contribution in [0, 0.1) is 17.8 Å². The summed E-state index contributed by atoms with van der Waals surface area (Å²) < 4.78 is 0. The van der Waals surface area contributed by atoms with Crippen LogP contribution in [-0.2, 0) is 6.42 Å². The van der Waals surface area contributed by atoms with E-state index in [0.717, 1.165) is 12.3 Å². The van der Waals surface area contributed by atoms with Gasteiger partial charge in [-0.15, -0.1) is 0 Å². The molecule has 1 nitrogen and oxygen atoms in total. The standard InChI is InChI=1S/C18H29N/c1-13(2)10-15-7-5-9-17(12-15)18(19)16-8-4-6-14(3)11-16/h5,7,9,12-14,16,18H,4,6,8,10-11,19H2,1-3H3. The van der Waals surface area contributed by atoms with Crippen LogP contribution in [0.15, 0.2) is 24.3 Å². The fraction of sp³-hybridized carbons (Fsp3) is 0.667. The third-order valence-electron chi connectivity index (χ3n) is 4.46. The van der Waals surface area contributed by atoms with E-state index >= 15 is 0 Å². The second-order valence-electron chi connectivity index (χ2n) is 6.90. The number of rotatable bonds is 4. The maximum absolute atomic E-state index is 6.53. The van der Waals surface area contributed by atoms with Crippen molar-refractivity contribution in [3.8, 4) is 0 Å². The zero-order chi connectivity index (χ0) is 13.8. The van der Waals surface area contributed by atoms with Gasteiger partial charge in [-0.3, -0.25) is 0 Å². The van der Waals surface area contributed by atoms with Crippen molar-refractivity contribution in [1.82, 2.24) is 0 Å². The van der Waals surface area contributed by atoms with Crippen LogP contribution in [0.2, 0.25) is 0 Å². The Labute approximate surface area is 118 Å². The van der Waals surface area contributed by atoms with Gasteiger partial charge in [0.05, 0.1) is 0 Å². The minimum Gasteiger partial charge on any atom is -0.324 e. The smallest absolute Gasteiger partial charge is 0.0323 e. The van der Waals surface area contributed by atoms with Crippen molar-refractivity contribution in [2.45, 2.75) is 58.9 Å². The average molecular weight is 259 g/mol. The lowest BCUT2D eigenvalue weighted by Gasteiger charge is -2.31. The molecule has 1 fully saturated rings. The number of nitrogens with two attached hydrogens (primary N) is 1. The Hall–Kier alpha value is -0.820. The molecule has 2 rings (SSSR count). The molecule has 0 aromatic heterocycles. The molecule has 1 heteroatoms. The van der Waals surface area contributed by atoms with E-state index in [1.54, 1.807) is 0 Å². The molecular formula is C18H29N. The summed E-state index contributed by atoms with van der Waals surface area (Å²) in [4.78, 5) is 0. The molecule has 3 unspecified atom stereocenters. The maximum Gasteiger partial charge on any atom is 0.0323 e. The summed E-state index contributed by atoms with van der Waals surface area (Å²) in [6.45, 7) is 6.92. The first-order valence-electron chi connectivity index (χ1n) is 7.90. The van der Waals surface area contributed by atoms with E-state index in [1.165, 1.54) is 36.8 Å². The Bertz CT molecular complexity index is 396. The minimum atomic E-state index is 0.231. The van der Waals surface area contributed by atoms with Crippen molar-refractivity contribution in [1.29, 1.82) is 0 Å². The lowest BCUT2D eigenvalue weighted by atomic mass is 9.77. The van der Waals surface area contributed by atoms with Gasteiger partial charge in [-0.1, -0.05) is 57.9 Å². The van der Waals surface area contributed by atoms with Gasteiger partial charge in [0.1, 0.15) is 0 Å². The second kappa shape index (κ2) is 6.56. The van der Waals surface area contributed by atoms with Crippen LogP contribution < -0.4 is 5.73 Å².